The van der Waals surface area contributed by atoms with Gasteiger partial charge in [-0.2, -0.15) is 0 Å². The summed E-state index contributed by atoms with van der Waals surface area (Å²) < 4.78 is 0. The number of aromatic amines is 1. The third-order valence-electron chi connectivity index (χ3n) is 4.23. The first-order valence-electron chi connectivity index (χ1n) is 7.93. The summed E-state index contributed by atoms with van der Waals surface area (Å²) in [4.78, 5) is 15.8. The molecule has 0 spiro atoms. The van der Waals surface area contributed by atoms with E-state index in [0.717, 1.165) is 27.4 Å². The van der Waals surface area contributed by atoms with Crippen LogP contribution in [-0.4, -0.2) is 27.0 Å². The van der Waals surface area contributed by atoms with Gasteiger partial charge >= 0.3 is 0 Å². The molecule has 0 aliphatic rings. The molecule has 5 nitrogen and oxygen atoms in total. The summed E-state index contributed by atoms with van der Waals surface area (Å²) in [6, 6.07) is 16.3. The van der Waals surface area contributed by atoms with Gasteiger partial charge in [0.1, 0.15) is 11.8 Å². The Labute approximate surface area is 150 Å². The predicted molar refractivity (Wildman–Crippen MR) is 99.5 cm³/mol. The molecule has 0 aliphatic heterocycles. The van der Waals surface area contributed by atoms with Crippen molar-refractivity contribution in [3.8, 4) is 11.3 Å². The van der Waals surface area contributed by atoms with Gasteiger partial charge in [-0.3, -0.25) is 0 Å². The normalized spacial score (nSPS) is 12.4. The van der Waals surface area contributed by atoms with Crippen molar-refractivity contribution >= 4 is 22.8 Å². The minimum absolute atomic E-state index is 0.101. The average Bonchev–Trinajstić information content (AvgIpc) is 3.13. The summed E-state index contributed by atoms with van der Waals surface area (Å²) in [5.74, 6) is 0. The monoisotopic (exact) mass is 349 g/mol. The first-order valence-corrected chi connectivity index (χ1v) is 8.31. The molecule has 0 fully saturated rings. The molecule has 4 rings (SSSR count). The number of fused-ring (bicyclic) bond motifs is 1. The van der Waals surface area contributed by atoms with Crippen molar-refractivity contribution < 1.29 is 0 Å². The molecule has 1 unspecified atom stereocenters. The van der Waals surface area contributed by atoms with Gasteiger partial charge in [0, 0.05) is 10.6 Å². The number of imidazole rings is 1. The Balaban J connectivity index is 1.69. The second kappa shape index (κ2) is 6.63. The van der Waals surface area contributed by atoms with Crippen molar-refractivity contribution in [2.75, 3.05) is 7.05 Å². The largest absolute Gasteiger partial charge is 0.341 e. The molecule has 0 bridgehead atoms. The fourth-order valence-corrected chi connectivity index (χ4v) is 3.12. The number of hydrogen-bond acceptors (Lipinski definition) is 4. The van der Waals surface area contributed by atoms with Gasteiger partial charge in [0.15, 0.2) is 5.65 Å². The number of rotatable bonds is 4. The Kier molecular flexibility index (Phi) is 4.17. The van der Waals surface area contributed by atoms with Gasteiger partial charge in [-0.25, -0.2) is 15.0 Å². The quantitative estimate of drug-likeness (QED) is 0.584. The third kappa shape index (κ3) is 2.99. The minimum atomic E-state index is 0.101. The van der Waals surface area contributed by atoms with Crippen LogP contribution < -0.4 is 5.32 Å². The highest BCUT2D eigenvalue weighted by Crippen LogP contribution is 2.27. The lowest BCUT2D eigenvalue weighted by Gasteiger charge is -2.17. The molecule has 4 aromatic rings. The topological polar surface area (TPSA) is 66.5 Å². The van der Waals surface area contributed by atoms with E-state index in [9.17, 15) is 0 Å². The van der Waals surface area contributed by atoms with Crippen LogP contribution in [0.3, 0.4) is 0 Å². The van der Waals surface area contributed by atoms with Gasteiger partial charge in [0.05, 0.1) is 18.1 Å². The Morgan fingerprint density at radius 1 is 0.920 bits per heavy atom. The van der Waals surface area contributed by atoms with Crippen LogP contribution in [0, 0.1) is 0 Å². The van der Waals surface area contributed by atoms with Crippen molar-refractivity contribution in [1.82, 2.24) is 25.3 Å². The van der Waals surface area contributed by atoms with Crippen molar-refractivity contribution in [2.45, 2.75) is 6.04 Å². The molecule has 0 saturated carbocycles. The molecule has 2 N–H and O–H groups in total. The lowest BCUT2D eigenvalue weighted by molar-refractivity contribution is 0.692. The highest BCUT2D eigenvalue weighted by atomic mass is 35.5. The zero-order chi connectivity index (χ0) is 17.2. The number of hydrogen-bond donors (Lipinski definition) is 2. The van der Waals surface area contributed by atoms with E-state index in [1.807, 2.05) is 31.3 Å². The summed E-state index contributed by atoms with van der Waals surface area (Å²) in [7, 11) is 1.95. The number of benzene rings is 2. The highest BCUT2D eigenvalue weighted by Gasteiger charge is 2.13. The van der Waals surface area contributed by atoms with Crippen LogP contribution in [0.5, 0.6) is 0 Å². The molecular weight excluding hydrogens is 334 g/mol. The fraction of sp³-hybridized carbons (Fsp3) is 0.105. The molecule has 0 aliphatic carbocycles. The first-order chi connectivity index (χ1) is 12.3. The molecule has 25 heavy (non-hydrogen) atoms. The van der Waals surface area contributed by atoms with Crippen molar-refractivity contribution in [1.29, 1.82) is 0 Å². The standard InChI is InChI=1S/C19H16ClN5/c1-21-16(13-6-8-15(20)9-7-13)12-2-4-14(5-3-12)17-18-19(24-10-22-17)25-11-23-18/h2-11,16,21H,1H3,(H,22,23,24,25). The summed E-state index contributed by atoms with van der Waals surface area (Å²) in [5.41, 5.74) is 5.72. The molecule has 0 radical (unpaired) electrons. The number of nitrogens with zero attached hydrogens (tertiary/aromatic N) is 3. The van der Waals surface area contributed by atoms with Crippen LogP contribution in [0.4, 0.5) is 0 Å². The van der Waals surface area contributed by atoms with E-state index in [4.69, 9.17) is 11.6 Å². The van der Waals surface area contributed by atoms with Crippen LogP contribution >= 0.6 is 11.6 Å². The summed E-state index contributed by atoms with van der Waals surface area (Å²) in [6.45, 7) is 0. The second-order valence-electron chi connectivity index (χ2n) is 5.72. The summed E-state index contributed by atoms with van der Waals surface area (Å²) in [5, 5.41) is 4.09. The number of H-pyrrole nitrogens is 1. The van der Waals surface area contributed by atoms with E-state index in [0.29, 0.717) is 5.65 Å². The summed E-state index contributed by atoms with van der Waals surface area (Å²) >= 11 is 5.99. The summed E-state index contributed by atoms with van der Waals surface area (Å²) in [6.07, 6.45) is 3.17. The Morgan fingerprint density at radius 3 is 2.28 bits per heavy atom. The van der Waals surface area contributed by atoms with E-state index < -0.39 is 0 Å². The highest BCUT2D eigenvalue weighted by molar-refractivity contribution is 6.30. The third-order valence-corrected chi connectivity index (χ3v) is 4.48. The molecule has 6 heteroatoms. The van der Waals surface area contributed by atoms with Crippen molar-refractivity contribution in [2.24, 2.45) is 0 Å². The maximum atomic E-state index is 5.99. The van der Waals surface area contributed by atoms with Crippen LogP contribution in [0.2, 0.25) is 5.02 Å². The molecule has 2 aromatic heterocycles. The van der Waals surface area contributed by atoms with Gasteiger partial charge in [-0.15, -0.1) is 0 Å². The van der Waals surface area contributed by atoms with Gasteiger partial charge in [0.25, 0.3) is 0 Å². The number of halogens is 1. The first kappa shape index (κ1) is 15.7. The van der Waals surface area contributed by atoms with E-state index in [1.54, 1.807) is 6.33 Å². The van der Waals surface area contributed by atoms with E-state index in [2.05, 4.69) is 49.5 Å². The van der Waals surface area contributed by atoms with E-state index >= 15 is 0 Å². The van der Waals surface area contributed by atoms with Gasteiger partial charge in [-0.1, -0.05) is 48.0 Å². The maximum absolute atomic E-state index is 5.99. The number of aromatic nitrogens is 4. The number of nitrogens with one attached hydrogen (secondary N) is 2. The lowest BCUT2D eigenvalue weighted by Crippen LogP contribution is -2.17. The fourth-order valence-electron chi connectivity index (χ4n) is 3.00. The van der Waals surface area contributed by atoms with Crippen LogP contribution in [0.1, 0.15) is 17.2 Å². The molecule has 0 saturated heterocycles. The van der Waals surface area contributed by atoms with Crippen LogP contribution in [0.25, 0.3) is 22.4 Å². The smallest absolute Gasteiger partial charge is 0.181 e. The Bertz CT molecular complexity index is 992. The maximum Gasteiger partial charge on any atom is 0.181 e. The Morgan fingerprint density at radius 2 is 1.60 bits per heavy atom. The molecule has 2 heterocycles. The van der Waals surface area contributed by atoms with Crippen molar-refractivity contribution in [3.63, 3.8) is 0 Å². The van der Waals surface area contributed by atoms with Crippen LogP contribution in [-0.2, 0) is 0 Å². The van der Waals surface area contributed by atoms with Crippen molar-refractivity contribution in [3.05, 3.63) is 77.3 Å². The van der Waals surface area contributed by atoms with E-state index in [1.165, 1.54) is 11.9 Å². The molecular formula is C19H16ClN5. The SMILES string of the molecule is CNC(c1ccc(Cl)cc1)c1ccc(-c2ncnc3nc[nH]c23)cc1. The molecule has 0 amide bonds. The predicted octanol–water partition coefficient (Wildman–Crippen LogP) is 3.98. The van der Waals surface area contributed by atoms with Crippen LogP contribution in [0.15, 0.2) is 61.2 Å². The zero-order valence-corrected chi connectivity index (χ0v) is 14.3. The minimum Gasteiger partial charge on any atom is -0.341 e. The molecule has 2 aromatic carbocycles. The molecule has 1 atom stereocenters. The van der Waals surface area contributed by atoms with Gasteiger partial charge in [0.2, 0.25) is 0 Å². The van der Waals surface area contributed by atoms with Gasteiger partial charge in [-0.05, 0) is 30.3 Å². The Hall–Kier alpha value is -2.76. The zero-order valence-electron chi connectivity index (χ0n) is 13.6. The second-order valence-corrected chi connectivity index (χ2v) is 6.16. The average molecular weight is 350 g/mol. The van der Waals surface area contributed by atoms with E-state index in [-0.39, 0.29) is 6.04 Å². The van der Waals surface area contributed by atoms with Gasteiger partial charge < -0.3 is 10.3 Å². The lowest BCUT2D eigenvalue weighted by atomic mass is 9.97. The molecule has 124 valence electrons.